The summed E-state index contributed by atoms with van der Waals surface area (Å²) in [5, 5.41) is 9.48. The standard InChI is InChI=1S/C9H18N4O/c1-9(2,8(14)12-3)13(4)6-7(11)5-10/h5-6,10H,11H2,1-4H3,(H,12,14)/b7-6+,10-5?. The summed E-state index contributed by atoms with van der Waals surface area (Å²) < 4.78 is 0. The molecule has 0 spiro atoms. The normalized spacial score (nSPS) is 12.1. The largest absolute Gasteiger partial charge is 0.396 e. The van der Waals surface area contributed by atoms with Gasteiger partial charge in [0.25, 0.3) is 0 Å². The van der Waals surface area contributed by atoms with E-state index in [1.54, 1.807) is 39.0 Å². The summed E-state index contributed by atoms with van der Waals surface area (Å²) in [6, 6.07) is 0. The summed E-state index contributed by atoms with van der Waals surface area (Å²) in [4.78, 5) is 13.1. The Morgan fingerprint density at radius 3 is 2.43 bits per heavy atom. The molecule has 14 heavy (non-hydrogen) atoms. The second kappa shape index (κ2) is 4.64. The maximum Gasteiger partial charge on any atom is 0.245 e. The Kier molecular flexibility index (Phi) is 4.14. The van der Waals surface area contributed by atoms with E-state index in [1.807, 2.05) is 0 Å². The molecule has 0 aliphatic carbocycles. The summed E-state index contributed by atoms with van der Waals surface area (Å²) in [6.07, 6.45) is 2.60. The van der Waals surface area contributed by atoms with Crippen molar-refractivity contribution < 1.29 is 4.79 Å². The van der Waals surface area contributed by atoms with Gasteiger partial charge < -0.3 is 21.4 Å². The fourth-order valence-corrected chi connectivity index (χ4v) is 0.888. The van der Waals surface area contributed by atoms with Crippen molar-refractivity contribution in [2.24, 2.45) is 5.73 Å². The van der Waals surface area contributed by atoms with Crippen LogP contribution < -0.4 is 11.1 Å². The maximum atomic E-state index is 11.5. The minimum Gasteiger partial charge on any atom is -0.396 e. The van der Waals surface area contributed by atoms with Crippen LogP contribution in [0.1, 0.15) is 13.8 Å². The van der Waals surface area contributed by atoms with Crippen LogP contribution in [0, 0.1) is 5.41 Å². The molecule has 0 bridgehead atoms. The summed E-state index contributed by atoms with van der Waals surface area (Å²) in [7, 11) is 3.33. The van der Waals surface area contributed by atoms with Crippen LogP contribution in [0.15, 0.2) is 11.9 Å². The SMILES string of the molecule is CNC(=O)C(C)(C)N(C)/C=C(/N)C=N. The van der Waals surface area contributed by atoms with Crippen LogP contribution in [0.4, 0.5) is 0 Å². The van der Waals surface area contributed by atoms with Crippen molar-refractivity contribution in [2.45, 2.75) is 19.4 Å². The number of nitrogens with zero attached hydrogens (tertiary/aromatic N) is 1. The molecule has 0 aliphatic rings. The Balaban J connectivity index is 4.74. The number of carbonyl (C=O) groups excluding carboxylic acids is 1. The molecule has 0 rings (SSSR count). The van der Waals surface area contributed by atoms with Crippen molar-refractivity contribution >= 4 is 12.1 Å². The number of carbonyl (C=O) groups is 1. The first-order valence-electron chi connectivity index (χ1n) is 4.29. The van der Waals surface area contributed by atoms with Crippen molar-refractivity contribution in [1.29, 1.82) is 5.41 Å². The van der Waals surface area contributed by atoms with Gasteiger partial charge in [0.1, 0.15) is 5.54 Å². The average molecular weight is 198 g/mol. The summed E-state index contributed by atoms with van der Waals surface area (Å²) in [5.74, 6) is -0.103. The van der Waals surface area contributed by atoms with Gasteiger partial charge in [0.2, 0.25) is 5.91 Å². The zero-order valence-corrected chi connectivity index (χ0v) is 9.09. The number of likely N-dealkylation sites (N-methyl/N-ethyl adjacent to an activating group) is 2. The third-order valence-corrected chi connectivity index (χ3v) is 2.17. The van der Waals surface area contributed by atoms with Crippen molar-refractivity contribution in [2.75, 3.05) is 14.1 Å². The highest BCUT2D eigenvalue weighted by Crippen LogP contribution is 2.12. The number of nitrogens with one attached hydrogen (secondary N) is 2. The molecule has 0 fully saturated rings. The highest BCUT2D eigenvalue weighted by molar-refractivity contribution is 5.85. The van der Waals surface area contributed by atoms with Gasteiger partial charge in [-0.3, -0.25) is 4.79 Å². The number of allylic oxidation sites excluding steroid dienone is 1. The van der Waals surface area contributed by atoms with Gasteiger partial charge in [-0.25, -0.2) is 0 Å². The van der Waals surface area contributed by atoms with Crippen LogP contribution in [-0.2, 0) is 4.79 Å². The Morgan fingerprint density at radius 1 is 1.57 bits per heavy atom. The second-order valence-corrected chi connectivity index (χ2v) is 3.52. The fourth-order valence-electron chi connectivity index (χ4n) is 0.888. The molecule has 5 heteroatoms. The Hall–Kier alpha value is -1.52. The monoisotopic (exact) mass is 198 g/mol. The highest BCUT2D eigenvalue weighted by Gasteiger charge is 2.29. The quantitative estimate of drug-likeness (QED) is 0.551. The third kappa shape index (κ3) is 2.76. The summed E-state index contributed by atoms with van der Waals surface area (Å²) in [6.45, 7) is 3.55. The molecule has 0 saturated carbocycles. The van der Waals surface area contributed by atoms with Crippen LogP contribution in [0.25, 0.3) is 0 Å². The molecule has 5 nitrogen and oxygen atoms in total. The molecule has 4 N–H and O–H groups in total. The molecule has 0 aromatic rings. The molecule has 0 radical (unpaired) electrons. The van der Waals surface area contributed by atoms with Crippen molar-refractivity contribution in [3.05, 3.63) is 11.9 Å². The van der Waals surface area contributed by atoms with Crippen LogP contribution in [-0.4, -0.2) is 36.7 Å². The molecule has 0 unspecified atom stereocenters. The Bertz CT molecular complexity index is 258. The van der Waals surface area contributed by atoms with E-state index < -0.39 is 5.54 Å². The van der Waals surface area contributed by atoms with E-state index >= 15 is 0 Å². The fraction of sp³-hybridized carbons (Fsp3) is 0.556. The van der Waals surface area contributed by atoms with Gasteiger partial charge in [0.05, 0.1) is 5.70 Å². The molecular formula is C9H18N4O. The van der Waals surface area contributed by atoms with Gasteiger partial charge in [0, 0.05) is 26.5 Å². The molecule has 0 aromatic heterocycles. The first-order chi connectivity index (χ1) is 6.36. The maximum absolute atomic E-state index is 11.5. The number of hydrogen-bond donors (Lipinski definition) is 3. The molecule has 80 valence electrons. The van der Waals surface area contributed by atoms with E-state index in [2.05, 4.69) is 5.32 Å². The lowest BCUT2D eigenvalue weighted by Gasteiger charge is -2.32. The van der Waals surface area contributed by atoms with Crippen LogP contribution in [0.2, 0.25) is 0 Å². The predicted octanol–water partition coefficient (Wildman–Crippen LogP) is -0.108. The summed E-state index contributed by atoms with van der Waals surface area (Å²) >= 11 is 0. The van der Waals surface area contributed by atoms with Crippen molar-refractivity contribution in [3.8, 4) is 0 Å². The Labute approximate surface area is 84.5 Å². The minimum atomic E-state index is -0.678. The topological polar surface area (TPSA) is 82.2 Å². The molecule has 0 aliphatic heterocycles. The van der Waals surface area contributed by atoms with E-state index in [9.17, 15) is 4.79 Å². The van der Waals surface area contributed by atoms with Gasteiger partial charge in [0.15, 0.2) is 0 Å². The summed E-state index contributed by atoms with van der Waals surface area (Å²) in [5.41, 5.74) is 5.09. The first-order valence-corrected chi connectivity index (χ1v) is 4.29. The lowest BCUT2D eigenvalue weighted by Crippen LogP contribution is -2.50. The lowest BCUT2D eigenvalue weighted by atomic mass is 10.0. The van der Waals surface area contributed by atoms with E-state index in [0.717, 1.165) is 6.21 Å². The molecule has 1 amide bonds. The van der Waals surface area contributed by atoms with Gasteiger partial charge in [-0.15, -0.1) is 0 Å². The molecular weight excluding hydrogens is 180 g/mol. The molecule has 0 saturated heterocycles. The predicted molar refractivity (Wildman–Crippen MR) is 57.0 cm³/mol. The third-order valence-electron chi connectivity index (χ3n) is 2.17. The van der Waals surface area contributed by atoms with Crippen LogP contribution >= 0.6 is 0 Å². The average Bonchev–Trinajstić information content (AvgIpc) is 2.15. The second-order valence-electron chi connectivity index (χ2n) is 3.52. The van der Waals surface area contributed by atoms with E-state index in [1.165, 1.54) is 0 Å². The number of rotatable bonds is 4. The van der Waals surface area contributed by atoms with Crippen molar-refractivity contribution in [1.82, 2.24) is 10.2 Å². The van der Waals surface area contributed by atoms with Crippen LogP contribution in [0.3, 0.4) is 0 Å². The smallest absolute Gasteiger partial charge is 0.245 e. The molecule has 0 atom stereocenters. The van der Waals surface area contributed by atoms with Gasteiger partial charge in [-0.2, -0.15) is 0 Å². The molecule has 0 heterocycles. The highest BCUT2D eigenvalue weighted by atomic mass is 16.2. The van der Waals surface area contributed by atoms with Gasteiger partial charge >= 0.3 is 0 Å². The van der Waals surface area contributed by atoms with Gasteiger partial charge in [-0.05, 0) is 13.8 Å². The van der Waals surface area contributed by atoms with E-state index in [0.29, 0.717) is 5.70 Å². The lowest BCUT2D eigenvalue weighted by molar-refractivity contribution is -0.129. The first kappa shape index (κ1) is 12.5. The van der Waals surface area contributed by atoms with Gasteiger partial charge in [-0.1, -0.05) is 0 Å². The van der Waals surface area contributed by atoms with E-state index in [4.69, 9.17) is 11.1 Å². The zero-order valence-electron chi connectivity index (χ0n) is 9.09. The zero-order chi connectivity index (χ0) is 11.4. The number of hydrogen-bond acceptors (Lipinski definition) is 4. The van der Waals surface area contributed by atoms with E-state index in [-0.39, 0.29) is 5.91 Å². The van der Waals surface area contributed by atoms with Crippen molar-refractivity contribution in [3.63, 3.8) is 0 Å². The minimum absolute atomic E-state index is 0.103. The number of nitrogens with two attached hydrogens (primary N) is 1. The number of amides is 1. The van der Waals surface area contributed by atoms with Crippen LogP contribution in [0.5, 0.6) is 0 Å². The molecule has 0 aromatic carbocycles. The Morgan fingerprint density at radius 2 is 2.07 bits per heavy atom.